The SMILES string of the molecule is CCCN(Cc1c(-c2ccccc2)noc1N1CCCC1)C(=O)c1ccc(OC)cc1. The van der Waals surface area contributed by atoms with Crippen LogP contribution in [0.25, 0.3) is 11.3 Å². The largest absolute Gasteiger partial charge is 0.497 e. The molecule has 0 spiro atoms. The number of hydrogen-bond acceptors (Lipinski definition) is 5. The van der Waals surface area contributed by atoms with Gasteiger partial charge < -0.3 is 19.1 Å². The highest BCUT2D eigenvalue weighted by atomic mass is 16.5. The minimum Gasteiger partial charge on any atom is -0.497 e. The highest BCUT2D eigenvalue weighted by Gasteiger charge is 2.27. The van der Waals surface area contributed by atoms with Crippen LogP contribution in [0.1, 0.15) is 42.1 Å². The lowest BCUT2D eigenvalue weighted by Crippen LogP contribution is -2.32. The van der Waals surface area contributed by atoms with E-state index in [9.17, 15) is 4.79 Å². The van der Waals surface area contributed by atoms with Crippen LogP contribution >= 0.6 is 0 Å². The molecule has 0 radical (unpaired) electrons. The molecule has 1 aliphatic heterocycles. The molecule has 6 nitrogen and oxygen atoms in total. The third-order valence-electron chi connectivity index (χ3n) is 5.67. The summed E-state index contributed by atoms with van der Waals surface area (Å²) in [4.78, 5) is 17.5. The second kappa shape index (κ2) is 9.69. The lowest BCUT2D eigenvalue weighted by molar-refractivity contribution is 0.0743. The number of benzene rings is 2. The molecule has 0 unspecified atom stereocenters. The van der Waals surface area contributed by atoms with E-state index in [-0.39, 0.29) is 5.91 Å². The Morgan fingerprint density at radius 1 is 1.10 bits per heavy atom. The molecule has 1 saturated heterocycles. The minimum atomic E-state index is -0.00270. The first-order valence-electron chi connectivity index (χ1n) is 10.9. The maximum Gasteiger partial charge on any atom is 0.254 e. The van der Waals surface area contributed by atoms with Gasteiger partial charge in [-0.3, -0.25) is 4.79 Å². The standard InChI is InChI=1S/C25H29N3O3/c1-3-15-28(24(29)20-11-13-21(30-2)14-12-20)18-22-23(19-9-5-4-6-10-19)26-31-25(22)27-16-7-8-17-27/h4-6,9-14H,3,7-8,15-18H2,1-2H3. The number of nitrogens with zero attached hydrogens (tertiary/aromatic N) is 3. The number of rotatable bonds is 8. The van der Waals surface area contributed by atoms with E-state index in [0.717, 1.165) is 60.8 Å². The molecule has 3 aromatic rings. The predicted molar refractivity (Wildman–Crippen MR) is 121 cm³/mol. The summed E-state index contributed by atoms with van der Waals surface area (Å²) in [6.45, 7) is 5.11. The molecule has 1 amide bonds. The molecule has 1 fully saturated rings. The summed E-state index contributed by atoms with van der Waals surface area (Å²) in [5, 5.41) is 4.43. The molecule has 0 N–H and O–H groups in total. The quantitative estimate of drug-likeness (QED) is 0.514. The van der Waals surface area contributed by atoms with Gasteiger partial charge in [0.1, 0.15) is 11.4 Å². The van der Waals surface area contributed by atoms with Crippen LogP contribution in [0.2, 0.25) is 0 Å². The van der Waals surface area contributed by atoms with E-state index < -0.39 is 0 Å². The molecule has 1 aliphatic rings. The lowest BCUT2D eigenvalue weighted by atomic mass is 10.1. The predicted octanol–water partition coefficient (Wildman–Crippen LogP) is 5.00. The van der Waals surface area contributed by atoms with Gasteiger partial charge in [-0.1, -0.05) is 42.4 Å². The maximum absolute atomic E-state index is 13.4. The van der Waals surface area contributed by atoms with Crippen LogP contribution in [0.4, 0.5) is 5.88 Å². The molecule has 4 rings (SSSR count). The molecule has 0 saturated carbocycles. The summed E-state index contributed by atoms with van der Waals surface area (Å²) in [7, 11) is 1.62. The van der Waals surface area contributed by atoms with Crippen LogP contribution in [0.15, 0.2) is 59.1 Å². The average molecular weight is 420 g/mol. The molecule has 1 aromatic heterocycles. The zero-order valence-electron chi connectivity index (χ0n) is 18.2. The van der Waals surface area contributed by atoms with Gasteiger partial charge in [0, 0.05) is 30.8 Å². The summed E-state index contributed by atoms with van der Waals surface area (Å²) in [5.74, 6) is 1.53. The van der Waals surface area contributed by atoms with Gasteiger partial charge in [0.2, 0.25) is 5.88 Å². The van der Waals surface area contributed by atoms with Crippen LogP contribution in [0.5, 0.6) is 5.75 Å². The Morgan fingerprint density at radius 3 is 2.45 bits per heavy atom. The van der Waals surface area contributed by atoms with E-state index in [1.807, 2.05) is 59.5 Å². The second-order valence-electron chi connectivity index (χ2n) is 7.83. The number of methoxy groups -OCH3 is 1. The summed E-state index contributed by atoms with van der Waals surface area (Å²) >= 11 is 0. The van der Waals surface area contributed by atoms with Crippen molar-refractivity contribution in [2.24, 2.45) is 0 Å². The van der Waals surface area contributed by atoms with Crippen LogP contribution in [0, 0.1) is 0 Å². The van der Waals surface area contributed by atoms with Crippen LogP contribution < -0.4 is 9.64 Å². The molecule has 0 bridgehead atoms. The highest BCUT2D eigenvalue weighted by Crippen LogP contribution is 2.34. The first kappa shape index (κ1) is 21.0. The summed E-state index contributed by atoms with van der Waals surface area (Å²) in [5.41, 5.74) is 3.43. The Bertz CT molecular complexity index is 993. The van der Waals surface area contributed by atoms with Gasteiger partial charge in [0.25, 0.3) is 5.91 Å². The molecule has 2 heterocycles. The zero-order chi connectivity index (χ0) is 21.6. The fourth-order valence-corrected chi connectivity index (χ4v) is 4.06. The Hall–Kier alpha value is -3.28. The van der Waals surface area contributed by atoms with E-state index in [1.165, 1.54) is 0 Å². The Balaban J connectivity index is 1.68. The molecule has 162 valence electrons. The summed E-state index contributed by atoms with van der Waals surface area (Å²) in [6.07, 6.45) is 3.15. The molecule has 2 aromatic carbocycles. The topological polar surface area (TPSA) is 58.8 Å². The zero-order valence-corrected chi connectivity index (χ0v) is 18.2. The Kier molecular flexibility index (Phi) is 6.55. The van der Waals surface area contributed by atoms with E-state index in [4.69, 9.17) is 9.26 Å². The summed E-state index contributed by atoms with van der Waals surface area (Å²) in [6, 6.07) is 17.3. The second-order valence-corrected chi connectivity index (χ2v) is 7.83. The van der Waals surface area contributed by atoms with E-state index in [2.05, 4.69) is 17.0 Å². The van der Waals surface area contributed by atoms with Crippen molar-refractivity contribution in [3.63, 3.8) is 0 Å². The number of carbonyl (C=O) groups is 1. The van der Waals surface area contributed by atoms with Gasteiger partial charge in [0.05, 0.1) is 19.2 Å². The number of anilines is 1. The van der Waals surface area contributed by atoms with Crippen molar-refractivity contribution >= 4 is 11.8 Å². The van der Waals surface area contributed by atoms with Crippen LogP contribution in [0.3, 0.4) is 0 Å². The van der Waals surface area contributed by atoms with Crippen molar-refractivity contribution < 1.29 is 14.1 Å². The number of aromatic nitrogens is 1. The van der Waals surface area contributed by atoms with Gasteiger partial charge in [-0.25, -0.2) is 0 Å². The number of amides is 1. The van der Waals surface area contributed by atoms with Crippen LogP contribution in [-0.2, 0) is 6.54 Å². The van der Waals surface area contributed by atoms with E-state index in [1.54, 1.807) is 7.11 Å². The smallest absolute Gasteiger partial charge is 0.254 e. The van der Waals surface area contributed by atoms with Gasteiger partial charge in [-0.05, 0) is 43.5 Å². The van der Waals surface area contributed by atoms with Crippen molar-refractivity contribution in [2.75, 3.05) is 31.6 Å². The summed E-state index contributed by atoms with van der Waals surface area (Å²) < 4.78 is 11.1. The van der Waals surface area contributed by atoms with Crippen molar-refractivity contribution in [2.45, 2.75) is 32.7 Å². The van der Waals surface area contributed by atoms with Crippen molar-refractivity contribution in [3.8, 4) is 17.0 Å². The molecule has 0 aliphatic carbocycles. The van der Waals surface area contributed by atoms with E-state index in [0.29, 0.717) is 18.7 Å². The monoisotopic (exact) mass is 419 g/mol. The van der Waals surface area contributed by atoms with Gasteiger partial charge in [-0.15, -0.1) is 0 Å². The molecule has 6 heteroatoms. The first-order chi connectivity index (χ1) is 15.2. The van der Waals surface area contributed by atoms with Crippen molar-refractivity contribution in [1.82, 2.24) is 10.1 Å². The minimum absolute atomic E-state index is 0.00270. The Morgan fingerprint density at radius 2 is 1.81 bits per heavy atom. The average Bonchev–Trinajstić information content (AvgIpc) is 3.49. The van der Waals surface area contributed by atoms with Gasteiger partial charge in [0.15, 0.2) is 0 Å². The molecule has 31 heavy (non-hydrogen) atoms. The number of carbonyl (C=O) groups excluding carboxylic acids is 1. The maximum atomic E-state index is 13.4. The fourth-order valence-electron chi connectivity index (χ4n) is 4.06. The Labute approximate surface area is 183 Å². The third-order valence-corrected chi connectivity index (χ3v) is 5.67. The lowest BCUT2D eigenvalue weighted by Gasteiger charge is -2.24. The highest BCUT2D eigenvalue weighted by molar-refractivity contribution is 5.94. The first-order valence-corrected chi connectivity index (χ1v) is 10.9. The van der Waals surface area contributed by atoms with Crippen molar-refractivity contribution in [3.05, 3.63) is 65.7 Å². The fraction of sp³-hybridized carbons (Fsp3) is 0.360. The normalized spacial score (nSPS) is 13.4. The van der Waals surface area contributed by atoms with Gasteiger partial charge >= 0.3 is 0 Å². The van der Waals surface area contributed by atoms with Crippen molar-refractivity contribution in [1.29, 1.82) is 0 Å². The van der Waals surface area contributed by atoms with Crippen LogP contribution in [-0.4, -0.2) is 42.7 Å². The number of hydrogen-bond donors (Lipinski definition) is 0. The number of ether oxygens (including phenoxy) is 1. The van der Waals surface area contributed by atoms with Gasteiger partial charge in [-0.2, -0.15) is 0 Å². The molecular weight excluding hydrogens is 390 g/mol. The van der Waals surface area contributed by atoms with E-state index >= 15 is 0 Å². The third kappa shape index (κ3) is 4.58. The molecule has 0 atom stereocenters. The molecular formula is C25H29N3O3.